The lowest BCUT2D eigenvalue weighted by atomic mass is 10.0. The molecule has 0 bridgehead atoms. The van der Waals surface area contributed by atoms with E-state index in [1.165, 1.54) is 12.8 Å². The Kier molecular flexibility index (Phi) is 8.63. The minimum Gasteiger partial charge on any atom is -0.493 e. The number of methoxy groups -OCH3 is 2. The van der Waals surface area contributed by atoms with Crippen molar-refractivity contribution >= 4 is 5.91 Å². The van der Waals surface area contributed by atoms with E-state index in [0.29, 0.717) is 30.2 Å². The summed E-state index contributed by atoms with van der Waals surface area (Å²) in [6.07, 6.45) is 3.27. The summed E-state index contributed by atoms with van der Waals surface area (Å²) in [5, 5.41) is 3.05. The second-order valence-corrected chi connectivity index (χ2v) is 8.70. The van der Waals surface area contributed by atoms with E-state index in [9.17, 15) is 4.79 Å². The van der Waals surface area contributed by atoms with Gasteiger partial charge in [0.2, 0.25) is 0 Å². The molecule has 0 aliphatic carbocycles. The van der Waals surface area contributed by atoms with E-state index in [1.54, 1.807) is 14.2 Å². The molecule has 6 heteroatoms. The van der Waals surface area contributed by atoms with Crippen LogP contribution in [0.15, 0.2) is 66.7 Å². The number of amides is 1. The number of rotatable bonds is 11. The van der Waals surface area contributed by atoms with Crippen molar-refractivity contribution in [2.24, 2.45) is 0 Å². The predicted octanol–water partition coefficient (Wildman–Crippen LogP) is 4.82. The van der Waals surface area contributed by atoms with E-state index in [1.807, 2.05) is 66.7 Å². The predicted molar refractivity (Wildman–Crippen MR) is 139 cm³/mol. The van der Waals surface area contributed by atoms with Crippen molar-refractivity contribution in [3.8, 4) is 28.4 Å². The molecule has 35 heavy (non-hydrogen) atoms. The SMILES string of the molecule is COc1ccc(CCOc2cccc(-c3cccc(C(=O)NCCN4CCCC4)c3)c2)cc1OC. The molecule has 4 rings (SSSR count). The summed E-state index contributed by atoms with van der Waals surface area (Å²) in [5.74, 6) is 2.19. The van der Waals surface area contributed by atoms with Gasteiger partial charge in [0.25, 0.3) is 5.91 Å². The van der Waals surface area contributed by atoms with Gasteiger partial charge < -0.3 is 24.4 Å². The number of carbonyl (C=O) groups is 1. The number of nitrogens with zero attached hydrogens (tertiary/aromatic N) is 1. The highest BCUT2D eigenvalue weighted by molar-refractivity contribution is 5.95. The molecule has 1 fully saturated rings. The molecule has 6 nitrogen and oxygen atoms in total. The zero-order valence-corrected chi connectivity index (χ0v) is 20.6. The van der Waals surface area contributed by atoms with Gasteiger partial charge in [0.15, 0.2) is 11.5 Å². The summed E-state index contributed by atoms with van der Waals surface area (Å²) in [5.41, 5.74) is 3.79. The van der Waals surface area contributed by atoms with E-state index in [-0.39, 0.29) is 5.91 Å². The molecule has 3 aromatic rings. The van der Waals surface area contributed by atoms with Crippen molar-refractivity contribution < 1.29 is 19.0 Å². The van der Waals surface area contributed by atoms with Crippen LogP contribution >= 0.6 is 0 Å². The quantitative estimate of drug-likeness (QED) is 0.432. The number of likely N-dealkylation sites (tertiary alicyclic amines) is 1. The van der Waals surface area contributed by atoms with Gasteiger partial charge in [0.1, 0.15) is 5.75 Å². The van der Waals surface area contributed by atoms with Gasteiger partial charge in [-0.15, -0.1) is 0 Å². The van der Waals surface area contributed by atoms with Gasteiger partial charge >= 0.3 is 0 Å². The van der Waals surface area contributed by atoms with Gasteiger partial charge in [-0.2, -0.15) is 0 Å². The topological polar surface area (TPSA) is 60.0 Å². The summed E-state index contributed by atoms with van der Waals surface area (Å²) in [7, 11) is 3.27. The molecule has 0 unspecified atom stereocenters. The van der Waals surface area contributed by atoms with Crippen LogP contribution in [0.4, 0.5) is 0 Å². The summed E-state index contributed by atoms with van der Waals surface area (Å²) in [6, 6.07) is 21.6. The number of benzene rings is 3. The lowest BCUT2D eigenvalue weighted by Gasteiger charge is -2.15. The third-order valence-corrected chi connectivity index (χ3v) is 6.31. The highest BCUT2D eigenvalue weighted by Gasteiger charge is 2.12. The Morgan fingerprint density at radius 2 is 1.63 bits per heavy atom. The zero-order valence-electron chi connectivity index (χ0n) is 20.6. The monoisotopic (exact) mass is 474 g/mol. The third kappa shape index (κ3) is 6.76. The molecule has 184 valence electrons. The summed E-state index contributed by atoms with van der Waals surface area (Å²) in [4.78, 5) is 15.1. The fraction of sp³-hybridized carbons (Fsp3) is 0.345. The molecule has 0 saturated carbocycles. The molecule has 1 heterocycles. The van der Waals surface area contributed by atoms with Gasteiger partial charge in [-0.3, -0.25) is 4.79 Å². The molecule has 0 aromatic heterocycles. The summed E-state index contributed by atoms with van der Waals surface area (Å²) in [6.45, 7) is 4.40. The molecule has 0 radical (unpaired) electrons. The maximum atomic E-state index is 12.7. The lowest BCUT2D eigenvalue weighted by molar-refractivity contribution is 0.0950. The molecular weight excluding hydrogens is 440 g/mol. The average molecular weight is 475 g/mol. The minimum atomic E-state index is -0.0339. The molecule has 1 aliphatic heterocycles. The standard InChI is InChI=1S/C29H34N2O4/c1-33-27-12-11-22(19-28(27)34-2)13-18-35-26-10-6-8-24(21-26)23-7-5-9-25(20-23)29(32)30-14-17-31-15-3-4-16-31/h5-12,19-21H,3-4,13-18H2,1-2H3,(H,30,32). The van der Waals surface area contributed by atoms with Crippen molar-refractivity contribution in [1.29, 1.82) is 0 Å². The molecule has 1 saturated heterocycles. The minimum absolute atomic E-state index is 0.0339. The summed E-state index contributed by atoms with van der Waals surface area (Å²) >= 11 is 0. The number of carbonyl (C=O) groups excluding carboxylic acids is 1. The average Bonchev–Trinajstić information content (AvgIpc) is 3.42. The van der Waals surface area contributed by atoms with Crippen molar-refractivity contribution in [2.75, 3.05) is 47.0 Å². The number of ether oxygens (including phenoxy) is 3. The number of hydrogen-bond acceptors (Lipinski definition) is 5. The molecular formula is C29H34N2O4. The smallest absolute Gasteiger partial charge is 0.251 e. The number of hydrogen-bond donors (Lipinski definition) is 1. The van der Waals surface area contributed by atoms with Gasteiger partial charge in [-0.25, -0.2) is 0 Å². The van der Waals surface area contributed by atoms with Crippen LogP contribution in [0, 0.1) is 0 Å². The highest BCUT2D eigenvalue weighted by atomic mass is 16.5. The first-order valence-corrected chi connectivity index (χ1v) is 12.2. The lowest BCUT2D eigenvalue weighted by Crippen LogP contribution is -2.33. The van der Waals surface area contributed by atoms with Crippen LogP contribution in [-0.2, 0) is 6.42 Å². The van der Waals surface area contributed by atoms with Gasteiger partial charge in [0.05, 0.1) is 20.8 Å². The number of nitrogens with one attached hydrogen (secondary N) is 1. The Labute approximate surface area is 207 Å². The van der Waals surface area contributed by atoms with E-state index < -0.39 is 0 Å². The highest BCUT2D eigenvalue weighted by Crippen LogP contribution is 2.28. The second-order valence-electron chi connectivity index (χ2n) is 8.70. The second kappa shape index (κ2) is 12.3. The van der Waals surface area contributed by atoms with Crippen molar-refractivity contribution in [1.82, 2.24) is 10.2 Å². The molecule has 1 N–H and O–H groups in total. The Hall–Kier alpha value is -3.51. The molecule has 3 aromatic carbocycles. The van der Waals surface area contributed by atoms with Crippen molar-refractivity contribution in [2.45, 2.75) is 19.3 Å². The molecule has 0 atom stereocenters. The van der Waals surface area contributed by atoms with Crippen molar-refractivity contribution in [3.05, 3.63) is 77.9 Å². The van der Waals surface area contributed by atoms with E-state index in [4.69, 9.17) is 14.2 Å². The first-order valence-electron chi connectivity index (χ1n) is 12.2. The van der Waals surface area contributed by atoms with E-state index in [2.05, 4.69) is 10.2 Å². The van der Waals surface area contributed by atoms with Crippen LogP contribution in [-0.4, -0.2) is 57.8 Å². The van der Waals surface area contributed by atoms with Gasteiger partial charge in [-0.05, 0) is 79.0 Å². The van der Waals surface area contributed by atoms with Crippen LogP contribution in [0.25, 0.3) is 11.1 Å². The van der Waals surface area contributed by atoms with Crippen LogP contribution in [0.3, 0.4) is 0 Å². The maximum absolute atomic E-state index is 12.7. The Bertz CT molecular complexity index is 1130. The van der Waals surface area contributed by atoms with E-state index >= 15 is 0 Å². The van der Waals surface area contributed by atoms with Crippen molar-refractivity contribution in [3.63, 3.8) is 0 Å². The van der Waals surface area contributed by atoms with Crippen LogP contribution < -0.4 is 19.5 Å². The fourth-order valence-corrected chi connectivity index (χ4v) is 4.36. The van der Waals surface area contributed by atoms with Crippen LogP contribution in [0.5, 0.6) is 17.2 Å². The first-order chi connectivity index (χ1) is 17.2. The van der Waals surface area contributed by atoms with E-state index in [0.717, 1.165) is 48.5 Å². The molecule has 1 aliphatic rings. The summed E-state index contributed by atoms with van der Waals surface area (Å²) < 4.78 is 16.7. The van der Waals surface area contributed by atoms with Gasteiger partial charge in [0, 0.05) is 25.1 Å². The molecule has 0 spiro atoms. The Morgan fingerprint density at radius 3 is 2.40 bits per heavy atom. The fourth-order valence-electron chi connectivity index (χ4n) is 4.36. The van der Waals surface area contributed by atoms with Gasteiger partial charge in [-0.1, -0.05) is 30.3 Å². The maximum Gasteiger partial charge on any atom is 0.251 e. The Balaban J connectivity index is 1.33. The Morgan fingerprint density at radius 1 is 0.886 bits per heavy atom. The normalized spacial score (nSPS) is 13.4. The third-order valence-electron chi connectivity index (χ3n) is 6.31. The van der Waals surface area contributed by atoms with Crippen LogP contribution in [0.1, 0.15) is 28.8 Å². The zero-order chi connectivity index (χ0) is 24.5. The van der Waals surface area contributed by atoms with Crippen LogP contribution in [0.2, 0.25) is 0 Å². The first kappa shape index (κ1) is 24.6. The largest absolute Gasteiger partial charge is 0.493 e. The molecule has 1 amide bonds.